The number of carbonyl (C=O) groups excluding carboxylic acids is 1. The zero-order chi connectivity index (χ0) is 17.8. The summed E-state index contributed by atoms with van der Waals surface area (Å²) in [6.07, 6.45) is 3.31. The van der Waals surface area contributed by atoms with Gasteiger partial charge in [-0.25, -0.2) is 4.39 Å². The molecule has 0 unspecified atom stereocenters. The molecule has 1 amide bonds. The molecule has 8 heteroatoms. The van der Waals surface area contributed by atoms with E-state index in [2.05, 4.69) is 29.4 Å². The van der Waals surface area contributed by atoms with Crippen LogP contribution in [0.1, 0.15) is 33.1 Å². The molecule has 5 nitrogen and oxygen atoms in total. The quantitative estimate of drug-likeness (QED) is 0.784. The number of para-hydroxylation sites is 1. The molecule has 2 heterocycles. The SMILES string of the molecule is C[C@@H]1CCC[C@H](C)N1C(=O)CSc1nnc(Nc2ccccc2F)s1. The third kappa shape index (κ3) is 4.49. The highest BCUT2D eigenvalue weighted by Crippen LogP contribution is 2.30. The molecule has 2 atom stereocenters. The maximum Gasteiger partial charge on any atom is 0.233 e. The average Bonchev–Trinajstić information content (AvgIpc) is 3.02. The smallest absolute Gasteiger partial charge is 0.233 e. The summed E-state index contributed by atoms with van der Waals surface area (Å²) < 4.78 is 14.4. The molecular weight excluding hydrogens is 359 g/mol. The van der Waals surface area contributed by atoms with Crippen LogP contribution in [0.3, 0.4) is 0 Å². The maximum absolute atomic E-state index is 13.7. The molecule has 1 fully saturated rings. The summed E-state index contributed by atoms with van der Waals surface area (Å²) in [5.74, 6) is 0.155. The fourth-order valence-electron chi connectivity index (χ4n) is 3.11. The summed E-state index contributed by atoms with van der Waals surface area (Å²) in [6, 6.07) is 7.01. The number of rotatable bonds is 5. The largest absolute Gasteiger partial charge is 0.337 e. The number of amides is 1. The first-order chi connectivity index (χ1) is 12.0. The summed E-state index contributed by atoms with van der Waals surface area (Å²) in [6.45, 7) is 4.22. The Bertz CT molecular complexity index is 729. The van der Waals surface area contributed by atoms with E-state index in [0.717, 1.165) is 12.8 Å². The molecule has 0 spiro atoms. The van der Waals surface area contributed by atoms with Gasteiger partial charge in [0.25, 0.3) is 0 Å². The highest BCUT2D eigenvalue weighted by Gasteiger charge is 2.28. The Morgan fingerprint density at radius 1 is 1.32 bits per heavy atom. The Labute approximate surface area is 155 Å². The molecule has 0 radical (unpaired) electrons. The van der Waals surface area contributed by atoms with E-state index >= 15 is 0 Å². The number of nitrogens with zero attached hydrogens (tertiary/aromatic N) is 3. The number of hydrogen-bond acceptors (Lipinski definition) is 6. The maximum atomic E-state index is 13.7. The van der Waals surface area contributed by atoms with Crippen LogP contribution in [0.15, 0.2) is 28.6 Å². The molecule has 1 aromatic carbocycles. The van der Waals surface area contributed by atoms with Gasteiger partial charge in [0.1, 0.15) is 5.82 Å². The van der Waals surface area contributed by atoms with Crippen LogP contribution in [-0.4, -0.2) is 38.8 Å². The number of aromatic nitrogens is 2. The fraction of sp³-hybridized carbons (Fsp3) is 0.471. The van der Waals surface area contributed by atoms with Crippen LogP contribution < -0.4 is 5.32 Å². The molecule has 0 aliphatic carbocycles. The van der Waals surface area contributed by atoms with Gasteiger partial charge in [-0.1, -0.05) is 35.2 Å². The summed E-state index contributed by atoms with van der Waals surface area (Å²) in [5, 5.41) is 11.5. The Hall–Kier alpha value is -1.67. The number of hydrogen-bond donors (Lipinski definition) is 1. The highest BCUT2D eigenvalue weighted by atomic mass is 32.2. The monoisotopic (exact) mass is 380 g/mol. The van der Waals surface area contributed by atoms with Crippen LogP contribution in [0.25, 0.3) is 0 Å². The summed E-state index contributed by atoms with van der Waals surface area (Å²) in [4.78, 5) is 14.5. The van der Waals surface area contributed by atoms with E-state index in [1.54, 1.807) is 18.2 Å². The number of carbonyl (C=O) groups is 1. The van der Waals surface area contributed by atoms with Crippen LogP contribution in [0, 0.1) is 5.82 Å². The lowest BCUT2D eigenvalue weighted by molar-refractivity contribution is -0.134. The molecule has 1 aliphatic heterocycles. The molecule has 1 saturated heterocycles. The van der Waals surface area contributed by atoms with Crippen molar-refractivity contribution < 1.29 is 9.18 Å². The van der Waals surface area contributed by atoms with E-state index in [1.807, 2.05) is 4.90 Å². The average molecular weight is 381 g/mol. The van der Waals surface area contributed by atoms with Crippen LogP contribution >= 0.6 is 23.1 Å². The van der Waals surface area contributed by atoms with Crippen molar-refractivity contribution >= 4 is 39.8 Å². The van der Waals surface area contributed by atoms with Gasteiger partial charge in [-0.05, 0) is 45.2 Å². The minimum Gasteiger partial charge on any atom is -0.337 e. The second-order valence-corrected chi connectivity index (χ2v) is 8.40. The number of thioether (sulfide) groups is 1. The predicted molar refractivity (Wildman–Crippen MR) is 99.9 cm³/mol. The molecule has 1 aromatic heterocycles. The van der Waals surface area contributed by atoms with Gasteiger partial charge in [0, 0.05) is 12.1 Å². The lowest BCUT2D eigenvalue weighted by Crippen LogP contribution is -2.48. The first-order valence-electron chi connectivity index (χ1n) is 8.33. The summed E-state index contributed by atoms with van der Waals surface area (Å²) in [5.41, 5.74) is 0.363. The number of nitrogens with one attached hydrogen (secondary N) is 1. The van der Waals surface area contributed by atoms with Crippen molar-refractivity contribution in [2.24, 2.45) is 0 Å². The van der Waals surface area contributed by atoms with Gasteiger partial charge < -0.3 is 10.2 Å². The van der Waals surface area contributed by atoms with Gasteiger partial charge in [0.15, 0.2) is 4.34 Å². The van der Waals surface area contributed by atoms with Crippen LogP contribution in [-0.2, 0) is 4.79 Å². The highest BCUT2D eigenvalue weighted by molar-refractivity contribution is 8.01. The van der Waals surface area contributed by atoms with E-state index in [1.165, 1.54) is 35.6 Å². The minimum absolute atomic E-state index is 0.142. The van der Waals surface area contributed by atoms with E-state index in [4.69, 9.17) is 0 Å². The van der Waals surface area contributed by atoms with Crippen molar-refractivity contribution in [3.05, 3.63) is 30.1 Å². The first kappa shape index (κ1) is 18.1. The Kier molecular flexibility index (Phi) is 5.90. The molecule has 0 bridgehead atoms. The third-order valence-electron chi connectivity index (χ3n) is 4.32. The lowest BCUT2D eigenvalue weighted by Gasteiger charge is -2.39. The number of benzene rings is 1. The van der Waals surface area contributed by atoms with Crippen LogP contribution in [0.5, 0.6) is 0 Å². The van der Waals surface area contributed by atoms with Gasteiger partial charge in [-0.3, -0.25) is 4.79 Å². The van der Waals surface area contributed by atoms with Crippen molar-refractivity contribution in [1.29, 1.82) is 0 Å². The van der Waals surface area contributed by atoms with Crippen molar-refractivity contribution in [2.45, 2.75) is 49.5 Å². The number of anilines is 2. The molecule has 25 heavy (non-hydrogen) atoms. The molecule has 0 saturated carbocycles. The molecule has 2 aromatic rings. The van der Waals surface area contributed by atoms with Gasteiger partial charge in [-0.2, -0.15) is 0 Å². The van der Waals surface area contributed by atoms with Crippen molar-refractivity contribution in [3.8, 4) is 0 Å². The molecular formula is C17H21FN4OS2. The van der Waals surface area contributed by atoms with Crippen LogP contribution in [0.4, 0.5) is 15.2 Å². The van der Waals surface area contributed by atoms with Crippen molar-refractivity contribution in [2.75, 3.05) is 11.1 Å². The van der Waals surface area contributed by atoms with Gasteiger partial charge in [-0.15, -0.1) is 10.2 Å². The molecule has 134 valence electrons. The number of piperidine rings is 1. The van der Waals surface area contributed by atoms with Gasteiger partial charge >= 0.3 is 0 Å². The standard InChI is InChI=1S/C17H21FN4OS2/c1-11-6-5-7-12(2)22(11)15(23)10-24-17-21-20-16(25-17)19-14-9-4-3-8-13(14)18/h3-4,8-9,11-12H,5-7,10H2,1-2H3,(H,19,20)/t11-,12+. The number of likely N-dealkylation sites (tertiary alicyclic amines) is 1. The second kappa shape index (κ2) is 8.14. The molecule has 3 rings (SSSR count). The summed E-state index contributed by atoms with van der Waals surface area (Å²) in [7, 11) is 0. The van der Waals surface area contributed by atoms with E-state index in [-0.39, 0.29) is 11.7 Å². The van der Waals surface area contributed by atoms with E-state index in [9.17, 15) is 9.18 Å². The molecule has 1 aliphatic rings. The first-order valence-corrected chi connectivity index (χ1v) is 10.1. The van der Waals surface area contributed by atoms with Gasteiger partial charge in [0.05, 0.1) is 11.4 Å². The van der Waals surface area contributed by atoms with Gasteiger partial charge in [0.2, 0.25) is 11.0 Å². The predicted octanol–water partition coefficient (Wildman–Crippen LogP) is 4.30. The zero-order valence-electron chi connectivity index (χ0n) is 14.2. The van der Waals surface area contributed by atoms with Crippen LogP contribution in [0.2, 0.25) is 0 Å². The third-order valence-corrected chi connectivity index (χ3v) is 6.28. The van der Waals surface area contributed by atoms with E-state index < -0.39 is 0 Å². The Morgan fingerprint density at radius 2 is 2.04 bits per heavy atom. The van der Waals surface area contributed by atoms with Crippen molar-refractivity contribution in [1.82, 2.24) is 15.1 Å². The lowest BCUT2D eigenvalue weighted by atomic mass is 9.98. The van der Waals surface area contributed by atoms with Crippen molar-refractivity contribution in [3.63, 3.8) is 0 Å². The number of halogens is 1. The molecule has 1 N–H and O–H groups in total. The topological polar surface area (TPSA) is 58.1 Å². The van der Waals surface area contributed by atoms with E-state index in [0.29, 0.717) is 33.0 Å². The normalized spacial score (nSPS) is 20.5. The Morgan fingerprint density at radius 3 is 2.76 bits per heavy atom. The Balaban J connectivity index is 1.56. The fourth-order valence-corrected chi connectivity index (χ4v) is 4.74. The second-order valence-electron chi connectivity index (χ2n) is 6.20. The minimum atomic E-state index is -0.338. The zero-order valence-corrected chi connectivity index (χ0v) is 15.9. The summed E-state index contributed by atoms with van der Waals surface area (Å²) >= 11 is 2.70.